The molecule has 1 aliphatic rings. The summed E-state index contributed by atoms with van der Waals surface area (Å²) >= 11 is 0. The maximum absolute atomic E-state index is 11.5. The Morgan fingerprint density at radius 1 is 0.311 bits per heavy atom. The molecule has 106 heavy (non-hydrogen) atoms. The minimum Gasteiger partial charge on any atom is -0.457 e. The first-order chi connectivity index (χ1) is 61.6. The summed E-state index contributed by atoms with van der Waals surface area (Å²) in [6.07, 6.45) is 0. The molecule has 3 heterocycles. The van der Waals surface area contributed by atoms with Crippen LogP contribution in [0.25, 0.3) is 111 Å². The molecule has 17 aromatic rings. The van der Waals surface area contributed by atoms with Crippen LogP contribution in [0, 0.1) is 0 Å². The first-order valence-electron chi connectivity index (χ1n) is 47.1. The van der Waals surface area contributed by atoms with Gasteiger partial charge in [0.15, 0.2) is 0 Å². The second-order valence-corrected chi connectivity index (χ2v) is 29.1. The molecular formula is C101H82N4O. The third kappa shape index (κ3) is 11.4. The van der Waals surface area contributed by atoms with E-state index in [9.17, 15) is 27.4 Å². The summed E-state index contributed by atoms with van der Waals surface area (Å²) in [5, 5.41) is -1.58. The van der Waals surface area contributed by atoms with Gasteiger partial charge in [0.05, 0.1) is 66.3 Å². The van der Waals surface area contributed by atoms with Crippen molar-refractivity contribution in [3.63, 3.8) is 0 Å². The molecule has 1 aliphatic heterocycles. The SMILES string of the molecule is [2H]c1c([2H])c(N(c2cc(-c3ccc4c(c3)C(C)(C)c3ccccc3O4)cc(N(c3c(-c4ccccc4)cc(C(C)(C)C)cc3-c3ccccc3)c3c([2H])c([2H])c([2H])c(-n4c5c([2H])c([2H])c([2H])c([2H])c5c5c([2H])c([2H])c([2H])c([2H])c54)c3[2H])c2)c2c(-c3ccccc3)cc(C(C)(C)C)cc2-c2ccccc2)c([2H])c(-n2c3c([2H])c([2H])c([2H])c([2H])c3c3c([2H])c([2H])c([2H])c([2H])c32)c1[2H]. The fourth-order valence-electron chi connectivity index (χ4n) is 14.7. The summed E-state index contributed by atoms with van der Waals surface area (Å²) in [5.74, 6) is 1.11. The van der Waals surface area contributed by atoms with E-state index in [0.29, 0.717) is 72.7 Å². The molecule has 0 radical (unpaired) electrons. The molecule has 0 atom stereocenters. The number of hydrogen-bond acceptors (Lipinski definition) is 3. The molecule has 2 aromatic heterocycles. The van der Waals surface area contributed by atoms with Gasteiger partial charge in [-0.1, -0.05) is 286 Å². The van der Waals surface area contributed by atoms with Crippen LogP contribution in [0.2, 0.25) is 0 Å². The van der Waals surface area contributed by atoms with Crippen LogP contribution in [0.15, 0.2) is 351 Å². The molecular weight excluding hydrogens is 1290 g/mol. The average Bonchev–Trinajstić information content (AvgIpc) is 1.50. The number of nitrogens with zero attached hydrogens (tertiary/aromatic N) is 4. The van der Waals surface area contributed by atoms with Crippen molar-refractivity contribution in [1.82, 2.24) is 9.13 Å². The molecule has 18 rings (SSSR count). The molecule has 0 saturated heterocycles. The molecule has 15 aromatic carbocycles. The van der Waals surface area contributed by atoms with Crippen LogP contribution >= 0.6 is 0 Å². The number of aromatic nitrogens is 2. The van der Waals surface area contributed by atoms with Gasteiger partial charge in [0, 0.05) is 94.5 Å². The predicted octanol–water partition coefficient (Wildman–Crippen LogP) is 28.2. The van der Waals surface area contributed by atoms with Gasteiger partial charge in [-0.05, 0) is 176 Å². The Morgan fingerprint density at radius 2 is 0.660 bits per heavy atom. The topological polar surface area (TPSA) is 25.6 Å². The molecule has 0 amide bonds. The summed E-state index contributed by atoms with van der Waals surface area (Å²) in [6, 6.07) is 44.8. The zero-order valence-corrected chi connectivity index (χ0v) is 59.3. The second-order valence-electron chi connectivity index (χ2n) is 29.1. The minimum atomic E-state index is -0.867. The van der Waals surface area contributed by atoms with Gasteiger partial charge in [0.2, 0.25) is 0 Å². The Hall–Kier alpha value is -12.7. The smallest absolute Gasteiger partial charge is 0.131 e. The Bertz CT molecular complexity index is 7060. The Kier molecular flexibility index (Phi) is 10.8. The van der Waals surface area contributed by atoms with Gasteiger partial charge in [-0.3, -0.25) is 0 Å². The lowest BCUT2D eigenvalue weighted by molar-refractivity contribution is 0.418. The predicted molar refractivity (Wildman–Crippen MR) is 448 cm³/mol. The highest BCUT2D eigenvalue weighted by molar-refractivity contribution is 6.11. The third-order valence-electron chi connectivity index (χ3n) is 20.1. The highest BCUT2D eigenvalue weighted by atomic mass is 16.5. The normalized spacial score (nSPS) is 15.8. The number of anilines is 6. The molecule has 0 saturated carbocycles. The van der Waals surface area contributed by atoms with Gasteiger partial charge in [0.25, 0.3) is 0 Å². The van der Waals surface area contributed by atoms with E-state index in [1.54, 1.807) is 28.0 Å². The quantitative estimate of drug-likeness (QED) is 0.115. The van der Waals surface area contributed by atoms with E-state index in [1.807, 2.05) is 230 Å². The van der Waals surface area contributed by atoms with E-state index in [-0.39, 0.29) is 22.7 Å². The summed E-state index contributed by atoms with van der Waals surface area (Å²) in [6.45, 7) is 16.4. The van der Waals surface area contributed by atoms with Crippen LogP contribution in [-0.2, 0) is 16.2 Å². The van der Waals surface area contributed by atoms with Gasteiger partial charge in [0.1, 0.15) is 11.5 Å². The highest BCUT2D eigenvalue weighted by Crippen LogP contribution is 2.56. The maximum Gasteiger partial charge on any atom is 0.131 e. The lowest BCUT2D eigenvalue weighted by Gasteiger charge is -2.36. The zero-order valence-electron chi connectivity index (χ0n) is 83.3. The standard InChI is InChI=1S/C101H82N4O/c1-99(2,3)73-60-85(67-33-13-9-14-34-67)97(86(61-73)68-35-15-10-16-36-68)102(75-41-31-43-77(64-75)104-91-50-26-21-45-81(91)82-46-22-27-51-92(82)104)79-57-72(71-55-56-96-90(59-71)101(7,8)89-49-25-30-54-95(89)106-96)58-80(66-79)103(76-42-32-44-78(65-76)105-93-52-28-23-47-83(93)84-48-24-29-53-94(84)105)98-87(69-37-17-11-18-38-69)62-74(100(4,5)6)63-88(98)70-39-19-12-20-40-70/h9-66H,1-8H3/i21D,22D,23D,24D,26D,27D,28D,29D,31D,32D,41D,42D,43D,44D,45D,46D,47D,48D,50D,51D,52D,53D,64D,65D. The molecule has 0 fully saturated rings. The van der Waals surface area contributed by atoms with Crippen LogP contribution in [0.3, 0.4) is 0 Å². The molecule has 0 spiro atoms. The number of rotatable bonds is 13. The Morgan fingerprint density at radius 3 is 1.04 bits per heavy atom. The lowest BCUT2D eigenvalue weighted by Crippen LogP contribution is -2.24. The van der Waals surface area contributed by atoms with Gasteiger partial charge < -0.3 is 23.7 Å². The van der Waals surface area contributed by atoms with Crippen LogP contribution in [-0.4, -0.2) is 9.13 Å². The van der Waals surface area contributed by atoms with Crippen LogP contribution < -0.4 is 14.5 Å². The lowest BCUT2D eigenvalue weighted by atomic mass is 9.75. The highest BCUT2D eigenvalue weighted by Gasteiger charge is 2.36. The van der Waals surface area contributed by atoms with E-state index < -0.39 is 228 Å². The maximum atomic E-state index is 11.5. The Balaban J connectivity index is 1.11. The van der Waals surface area contributed by atoms with Crippen molar-refractivity contribution in [3.05, 3.63) is 374 Å². The van der Waals surface area contributed by atoms with E-state index in [0.717, 1.165) is 25.8 Å². The first kappa shape index (κ1) is 44.1. The van der Waals surface area contributed by atoms with Crippen LogP contribution in [0.5, 0.6) is 11.5 Å². The van der Waals surface area contributed by atoms with Crippen molar-refractivity contribution in [2.45, 2.75) is 71.6 Å². The van der Waals surface area contributed by atoms with Crippen LogP contribution in [0.1, 0.15) is 111 Å². The third-order valence-corrected chi connectivity index (χ3v) is 20.1. The van der Waals surface area contributed by atoms with Crippen molar-refractivity contribution in [2.24, 2.45) is 0 Å². The monoisotopic (exact) mass is 1390 g/mol. The summed E-state index contributed by atoms with van der Waals surface area (Å²) in [4.78, 5) is 3.20. The molecule has 0 unspecified atom stereocenters. The molecule has 0 aliphatic carbocycles. The van der Waals surface area contributed by atoms with Crippen molar-refractivity contribution in [3.8, 4) is 78.5 Å². The molecule has 5 nitrogen and oxygen atoms in total. The average molecular weight is 1390 g/mol. The van der Waals surface area contributed by atoms with Gasteiger partial charge >= 0.3 is 0 Å². The molecule has 5 heteroatoms. The van der Waals surface area contributed by atoms with Crippen molar-refractivity contribution >= 4 is 77.7 Å². The van der Waals surface area contributed by atoms with Gasteiger partial charge in [-0.25, -0.2) is 0 Å². The summed E-state index contributed by atoms with van der Waals surface area (Å²) in [7, 11) is 0. The van der Waals surface area contributed by atoms with E-state index in [4.69, 9.17) is 10.2 Å². The van der Waals surface area contributed by atoms with E-state index in [1.165, 1.54) is 0 Å². The summed E-state index contributed by atoms with van der Waals surface area (Å²) in [5.41, 5.74) is 1.95. The number of para-hydroxylation sites is 5. The van der Waals surface area contributed by atoms with E-state index in [2.05, 4.69) is 13.8 Å². The van der Waals surface area contributed by atoms with Crippen molar-refractivity contribution in [1.29, 1.82) is 0 Å². The zero-order chi connectivity index (χ0) is 92.9. The number of fused-ring (bicyclic) bond motifs is 8. The number of benzene rings is 15. The number of ether oxygens (including phenoxy) is 1. The minimum absolute atomic E-state index is 0.00481. The largest absolute Gasteiger partial charge is 0.457 e. The fraction of sp³-hybridized carbons (Fsp3) is 0.109. The van der Waals surface area contributed by atoms with Gasteiger partial charge in [-0.15, -0.1) is 0 Å². The molecule has 0 N–H and O–H groups in total. The van der Waals surface area contributed by atoms with Crippen molar-refractivity contribution < 1.29 is 37.6 Å². The first-order valence-corrected chi connectivity index (χ1v) is 35.1. The van der Waals surface area contributed by atoms with Gasteiger partial charge in [-0.2, -0.15) is 0 Å². The fourth-order valence-corrected chi connectivity index (χ4v) is 14.7. The van der Waals surface area contributed by atoms with E-state index >= 15 is 0 Å². The Labute approximate surface area is 655 Å². The molecule has 0 bridgehead atoms. The molecule has 512 valence electrons. The second kappa shape index (κ2) is 25.9. The van der Waals surface area contributed by atoms with Crippen LogP contribution in [0.4, 0.5) is 34.1 Å². The summed E-state index contributed by atoms with van der Waals surface area (Å²) < 4.78 is 247. The van der Waals surface area contributed by atoms with Crippen molar-refractivity contribution in [2.75, 3.05) is 9.80 Å². The number of hydrogen-bond donors (Lipinski definition) is 0.